The number of esters is 2. The van der Waals surface area contributed by atoms with Crippen LogP contribution in [0, 0.1) is 0 Å². The van der Waals surface area contributed by atoms with Crippen molar-refractivity contribution in [1.29, 1.82) is 0 Å². The molecule has 2 aromatic carbocycles. The maximum Gasteiger partial charge on any atom is 0.344 e. The molecule has 0 saturated heterocycles. The number of rotatable bonds is 4. The number of carbonyl (C=O) groups is 2. The van der Waals surface area contributed by atoms with E-state index in [-0.39, 0.29) is 5.56 Å². The Morgan fingerprint density at radius 1 is 1.00 bits per heavy atom. The van der Waals surface area contributed by atoms with Crippen LogP contribution in [0.25, 0.3) is 10.9 Å². The fourth-order valence-corrected chi connectivity index (χ4v) is 2.60. The van der Waals surface area contributed by atoms with Crippen molar-refractivity contribution in [3.8, 4) is 0 Å². The minimum atomic E-state index is -0.707. The molecule has 132 valence electrons. The van der Waals surface area contributed by atoms with Crippen molar-refractivity contribution in [3.05, 3.63) is 81.6 Å². The van der Waals surface area contributed by atoms with Crippen molar-refractivity contribution in [2.45, 2.75) is 13.0 Å². The SMILES string of the molecule is COC(=O)c1ccc(C(C)OC(=O)c2cc3ccccc3[nH]c2=O)cc1. The first kappa shape index (κ1) is 17.4. The van der Waals surface area contributed by atoms with E-state index in [9.17, 15) is 14.4 Å². The van der Waals surface area contributed by atoms with Crippen LogP contribution in [-0.2, 0) is 9.47 Å². The van der Waals surface area contributed by atoms with Gasteiger partial charge < -0.3 is 14.5 Å². The van der Waals surface area contributed by atoms with Crippen molar-refractivity contribution < 1.29 is 19.1 Å². The van der Waals surface area contributed by atoms with E-state index in [1.807, 2.05) is 6.07 Å². The minimum absolute atomic E-state index is 0.0540. The van der Waals surface area contributed by atoms with Gasteiger partial charge in [0.2, 0.25) is 0 Å². The Hall–Kier alpha value is -3.41. The molecule has 6 nitrogen and oxygen atoms in total. The Balaban J connectivity index is 1.80. The van der Waals surface area contributed by atoms with E-state index in [4.69, 9.17) is 4.74 Å². The summed E-state index contributed by atoms with van der Waals surface area (Å²) in [7, 11) is 1.31. The number of methoxy groups -OCH3 is 1. The quantitative estimate of drug-likeness (QED) is 0.730. The van der Waals surface area contributed by atoms with Crippen molar-refractivity contribution in [2.75, 3.05) is 7.11 Å². The van der Waals surface area contributed by atoms with Gasteiger partial charge in [0.25, 0.3) is 5.56 Å². The lowest BCUT2D eigenvalue weighted by Crippen LogP contribution is -2.20. The van der Waals surface area contributed by atoms with Crippen LogP contribution in [0.1, 0.15) is 39.3 Å². The van der Waals surface area contributed by atoms with Gasteiger partial charge in [0, 0.05) is 5.52 Å². The molecular formula is C20H17NO5. The molecule has 0 radical (unpaired) electrons. The van der Waals surface area contributed by atoms with Crippen LogP contribution >= 0.6 is 0 Å². The summed E-state index contributed by atoms with van der Waals surface area (Å²) in [5.41, 5.74) is 1.20. The third kappa shape index (κ3) is 3.49. The Bertz CT molecular complexity index is 1020. The van der Waals surface area contributed by atoms with Crippen molar-refractivity contribution >= 4 is 22.8 Å². The summed E-state index contributed by atoms with van der Waals surface area (Å²) in [6, 6.07) is 15.2. The molecule has 0 fully saturated rings. The van der Waals surface area contributed by atoms with Gasteiger partial charge in [0.1, 0.15) is 11.7 Å². The lowest BCUT2D eigenvalue weighted by molar-refractivity contribution is 0.0335. The molecule has 6 heteroatoms. The molecule has 0 spiro atoms. The van der Waals surface area contributed by atoms with Crippen LogP contribution in [0.3, 0.4) is 0 Å². The highest BCUT2D eigenvalue weighted by molar-refractivity contribution is 5.93. The number of H-pyrrole nitrogens is 1. The van der Waals surface area contributed by atoms with Crippen LogP contribution in [0.5, 0.6) is 0 Å². The predicted molar refractivity (Wildman–Crippen MR) is 96.2 cm³/mol. The topological polar surface area (TPSA) is 85.5 Å². The molecule has 1 unspecified atom stereocenters. The van der Waals surface area contributed by atoms with Gasteiger partial charge in [0.15, 0.2) is 0 Å². The van der Waals surface area contributed by atoms with Gasteiger partial charge in [-0.2, -0.15) is 0 Å². The number of aromatic nitrogens is 1. The number of aromatic amines is 1. The number of ether oxygens (including phenoxy) is 2. The van der Waals surface area contributed by atoms with E-state index >= 15 is 0 Å². The molecule has 0 aliphatic carbocycles. The first-order valence-corrected chi connectivity index (χ1v) is 8.01. The molecular weight excluding hydrogens is 334 g/mol. The molecule has 1 atom stereocenters. The second-order valence-corrected chi connectivity index (χ2v) is 5.76. The number of fused-ring (bicyclic) bond motifs is 1. The summed E-state index contributed by atoms with van der Waals surface area (Å²) in [6.45, 7) is 1.69. The standard InChI is InChI=1S/C20H17NO5/c1-12(13-7-9-14(10-8-13)19(23)25-2)26-20(24)16-11-15-5-3-4-6-17(15)21-18(16)22/h3-12H,1-2H3,(H,21,22). The number of carbonyl (C=O) groups excluding carboxylic acids is 2. The highest BCUT2D eigenvalue weighted by Gasteiger charge is 2.18. The zero-order valence-corrected chi connectivity index (χ0v) is 14.3. The Morgan fingerprint density at radius 3 is 2.38 bits per heavy atom. The fraction of sp³-hybridized carbons (Fsp3) is 0.150. The maximum absolute atomic E-state index is 12.4. The number of hydrogen-bond donors (Lipinski definition) is 1. The average Bonchev–Trinajstić information content (AvgIpc) is 2.66. The summed E-state index contributed by atoms with van der Waals surface area (Å²) in [4.78, 5) is 38.7. The highest BCUT2D eigenvalue weighted by atomic mass is 16.5. The Kier molecular flexibility index (Phi) is 4.84. The first-order valence-electron chi connectivity index (χ1n) is 8.01. The van der Waals surface area contributed by atoms with Crippen LogP contribution in [0.15, 0.2) is 59.4 Å². The lowest BCUT2D eigenvalue weighted by Gasteiger charge is -2.14. The molecule has 0 saturated carbocycles. The Labute approximate surface area is 149 Å². The van der Waals surface area contributed by atoms with Gasteiger partial charge in [-0.25, -0.2) is 9.59 Å². The number of pyridine rings is 1. The van der Waals surface area contributed by atoms with Gasteiger partial charge in [0.05, 0.1) is 12.7 Å². The molecule has 0 aliphatic rings. The maximum atomic E-state index is 12.4. The van der Waals surface area contributed by atoms with Crippen LogP contribution < -0.4 is 5.56 Å². The summed E-state index contributed by atoms with van der Waals surface area (Å²) in [5, 5.41) is 0.745. The molecule has 0 bridgehead atoms. The summed E-state index contributed by atoms with van der Waals surface area (Å²) >= 11 is 0. The second-order valence-electron chi connectivity index (χ2n) is 5.76. The molecule has 1 aromatic heterocycles. The molecule has 0 aliphatic heterocycles. The van der Waals surface area contributed by atoms with Crippen LogP contribution in [0.4, 0.5) is 0 Å². The summed E-state index contributed by atoms with van der Waals surface area (Å²) in [5.74, 6) is -1.15. The zero-order valence-electron chi connectivity index (χ0n) is 14.3. The van der Waals surface area contributed by atoms with Gasteiger partial charge in [-0.15, -0.1) is 0 Å². The van der Waals surface area contributed by atoms with E-state index in [1.54, 1.807) is 49.4 Å². The van der Waals surface area contributed by atoms with Gasteiger partial charge in [-0.1, -0.05) is 30.3 Å². The van der Waals surface area contributed by atoms with E-state index in [0.717, 1.165) is 5.39 Å². The average molecular weight is 351 g/mol. The van der Waals surface area contributed by atoms with Gasteiger partial charge in [-0.05, 0) is 42.1 Å². The van der Waals surface area contributed by atoms with Crippen LogP contribution in [-0.4, -0.2) is 24.0 Å². The van der Waals surface area contributed by atoms with E-state index in [2.05, 4.69) is 9.72 Å². The normalized spacial score (nSPS) is 11.8. The fourth-order valence-electron chi connectivity index (χ4n) is 2.60. The summed E-state index contributed by atoms with van der Waals surface area (Å²) in [6.07, 6.45) is -0.583. The van der Waals surface area contributed by atoms with Crippen molar-refractivity contribution in [1.82, 2.24) is 4.98 Å². The highest BCUT2D eigenvalue weighted by Crippen LogP contribution is 2.20. The van der Waals surface area contributed by atoms with E-state index in [1.165, 1.54) is 13.2 Å². The number of nitrogens with one attached hydrogen (secondary N) is 1. The number of para-hydroxylation sites is 1. The van der Waals surface area contributed by atoms with Crippen molar-refractivity contribution in [3.63, 3.8) is 0 Å². The lowest BCUT2D eigenvalue weighted by atomic mass is 10.1. The predicted octanol–water partition coefficient (Wildman–Crippen LogP) is 3.23. The summed E-state index contributed by atoms with van der Waals surface area (Å²) < 4.78 is 10.0. The van der Waals surface area contributed by atoms with E-state index in [0.29, 0.717) is 16.6 Å². The minimum Gasteiger partial charge on any atom is -0.465 e. The number of benzene rings is 2. The van der Waals surface area contributed by atoms with Gasteiger partial charge in [-0.3, -0.25) is 4.79 Å². The first-order chi connectivity index (χ1) is 12.5. The van der Waals surface area contributed by atoms with E-state index < -0.39 is 23.6 Å². The monoisotopic (exact) mass is 351 g/mol. The molecule has 3 rings (SSSR count). The molecule has 26 heavy (non-hydrogen) atoms. The molecule has 0 amide bonds. The Morgan fingerprint density at radius 2 is 1.69 bits per heavy atom. The second kappa shape index (κ2) is 7.23. The third-order valence-electron chi connectivity index (χ3n) is 4.06. The molecule has 1 N–H and O–H groups in total. The van der Waals surface area contributed by atoms with Crippen molar-refractivity contribution in [2.24, 2.45) is 0 Å². The molecule has 1 heterocycles. The molecule has 3 aromatic rings. The smallest absolute Gasteiger partial charge is 0.344 e. The third-order valence-corrected chi connectivity index (χ3v) is 4.06. The van der Waals surface area contributed by atoms with Gasteiger partial charge >= 0.3 is 11.9 Å². The largest absolute Gasteiger partial charge is 0.465 e. The number of hydrogen-bond acceptors (Lipinski definition) is 5. The zero-order chi connectivity index (χ0) is 18.7. The van der Waals surface area contributed by atoms with Crippen LogP contribution in [0.2, 0.25) is 0 Å².